The zero-order chi connectivity index (χ0) is 13.1. The van der Waals surface area contributed by atoms with E-state index < -0.39 is 0 Å². The van der Waals surface area contributed by atoms with Crippen LogP contribution in [0, 0.1) is 0 Å². The van der Waals surface area contributed by atoms with Crippen molar-refractivity contribution in [1.29, 1.82) is 0 Å². The van der Waals surface area contributed by atoms with E-state index in [0.717, 1.165) is 28.7 Å². The smallest absolute Gasteiger partial charge is 0.169 e. The number of thioether (sulfide) groups is 1. The fraction of sp³-hybridized carbons (Fsp3) is 0.300. The summed E-state index contributed by atoms with van der Waals surface area (Å²) < 4.78 is 6.96. The average Bonchev–Trinajstić information content (AvgIpc) is 3.05. The Hall–Kier alpha value is -1.74. The molecule has 0 aliphatic heterocycles. The molecule has 2 N–H and O–H groups in total. The number of hydrogen-bond donors (Lipinski definition) is 1. The lowest BCUT2D eigenvalue weighted by atomic mass is 10.4. The fourth-order valence-electron chi connectivity index (χ4n) is 1.68. The molecule has 0 fully saturated rings. The Balaban J connectivity index is 1.61. The van der Waals surface area contributed by atoms with E-state index in [0.29, 0.717) is 11.3 Å². The van der Waals surface area contributed by atoms with Gasteiger partial charge in [-0.1, -0.05) is 11.8 Å². The molecule has 9 heteroatoms. The predicted octanol–water partition coefficient (Wildman–Crippen LogP) is 1.44. The molecule has 0 atom stereocenters. The Morgan fingerprint density at radius 1 is 1.21 bits per heavy atom. The summed E-state index contributed by atoms with van der Waals surface area (Å²) in [6, 6.07) is 0. The molecule has 0 aliphatic rings. The third-order valence-corrected chi connectivity index (χ3v) is 4.42. The zero-order valence-corrected chi connectivity index (χ0v) is 11.6. The van der Waals surface area contributed by atoms with E-state index in [1.165, 1.54) is 17.9 Å². The molecule has 3 heterocycles. The Morgan fingerprint density at radius 2 is 2.16 bits per heavy atom. The van der Waals surface area contributed by atoms with Gasteiger partial charge in [0, 0.05) is 12.3 Å². The summed E-state index contributed by atoms with van der Waals surface area (Å²) in [7, 11) is 0. The first-order valence-corrected chi connectivity index (χ1v) is 7.41. The van der Waals surface area contributed by atoms with Crippen LogP contribution in [0.4, 0.5) is 5.82 Å². The van der Waals surface area contributed by atoms with E-state index in [1.807, 2.05) is 4.57 Å². The minimum Gasteiger partial charge on any atom is -0.382 e. The van der Waals surface area contributed by atoms with Gasteiger partial charge < -0.3 is 10.3 Å². The number of hydrogen-bond acceptors (Lipinski definition) is 8. The van der Waals surface area contributed by atoms with Crippen LogP contribution < -0.4 is 5.73 Å². The van der Waals surface area contributed by atoms with Crippen LogP contribution in [0.15, 0.2) is 23.3 Å². The topological polar surface area (TPSA) is 95.4 Å². The number of nitrogens with two attached hydrogens (primary N) is 1. The predicted molar refractivity (Wildman–Crippen MR) is 75.0 cm³/mol. The maximum Gasteiger partial charge on any atom is 0.169 e. The summed E-state index contributed by atoms with van der Waals surface area (Å²) in [6.07, 6.45) is 5.80. The number of fused-ring (bicyclic) bond motifs is 1. The highest BCUT2D eigenvalue weighted by atomic mass is 32.2. The van der Waals surface area contributed by atoms with Gasteiger partial charge in [0.1, 0.15) is 18.2 Å². The summed E-state index contributed by atoms with van der Waals surface area (Å²) in [5.41, 5.74) is 7.20. The lowest BCUT2D eigenvalue weighted by Gasteiger charge is -2.02. The van der Waals surface area contributed by atoms with E-state index >= 15 is 0 Å². The van der Waals surface area contributed by atoms with Crippen molar-refractivity contribution in [2.24, 2.45) is 0 Å². The maximum absolute atomic E-state index is 5.74. The summed E-state index contributed by atoms with van der Waals surface area (Å²) >= 11 is 3.13. The molecule has 3 aromatic heterocycles. The van der Waals surface area contributed by atoms with Crippen LogP contribution in [-0.2, 0) is 6.54 Å². The van der Waals surface area contributed by atoms with Crippen LogP contribution in [0.2, 0.25) is 0 Å². The van der Waals surface area contributed by atoms with Gasteiger partial charge in [0.2, 0.25) is 0 Å². The number of rotatable bonds is 5. The zero-order valence-electron chi connectivity index (χ0n) is 9.93. The van der Waals surface area contributed by atoms with Crippen molar-refractivity contribution in [1.82, 2.24) is 28.9 Å². The fourth-order valence-corrected chi connectivity index (χ4v) is 3.12. The van der Waals surface area contributed by atoms with Gasteiger partial charge in [-0.15, -0.1) is 0 Å². The normalized spacial score (nSPS) is 11.2. The minimum absolute atomic E-state index is 0.423. The van der Waals surface area contributed by atoms with Crippen molar-refractivity contribution in [3.63, 3.8) is 0 Å². The molecule has 0 aliphatic carbocycles. The molecule has 98 valence electrons. The molecule has 0 unspecified atom stereocenters. The van der Waals surface area contributed by atoms with Gasteiger partial charge in [0.15, 0.2) is 15.8 Å². The number of anilines is 1. The number of imidazole rings is 1. The Labute approximate surface area is 117 Å². The number of nitrogen functional groups attached to an aromatic ring is 1. The summed E-state index contributed by atoms with van der Waals surface area (Å²) in [5, 5.41) is 0. The summed E-state index contributed by atoms with van der Waals surface area (Å²) in [4.78, 5) is 16.5. The van der Waals surface area contributed by atoms with Gasteiger partial charge in [-0.3, -0.25) is 0 Å². The van der Waals surface area contributed by atoms with Crippen LogP contribution in [0.25, 0.3) is 11.2 Å². The molecule has 0 spiro atoms. The van der Waals surface area contributed by atoms with Gasteiger partial charge in [-0.2, -0.15) is 4.37 Å². The van der Waals surface area contributed by atoms with E-state index in [-0.39, 0.29) is 0 Å². The van der Waals surface area contributed by atoms with E-state index in [9.17, 15) is 0 Å². The second-order valence-corrected chi connectivity index (χ2v) is 5.90. The van der Waals surface area contributed by atoms with Crippen LogP contribution >= 0.6 is 23.3 Å². The SMILES string of the molecule is Nc1ncnc2c1ncn2CCCSc1ncns1. The summed E-state index contributed by atoms with van der Waals surface area (Å²) in [5.74, 6) is 1.40. The molecular weight excluding hydrogens is 282 g/mol. The maximum atomic E-state index is 5.74. The van der Waals surface area contributed by atoms with Crippen molar-refractivity contribution in [3.05, 3.63) is 19.0 Å². The van der Waals surface area contributed by atoms with Crippen molar-refractivity contribution in [2.45, 2.75) is 17.3 Å². The molecule has 0 saturated carbocycles. The second-order valence-electron chi connectivity index (χ2n) is 3.78. The monoisotopic (exact) mass is 293 g/mol. The Morgan fingerprint density at radius 3 is 3.00 bits per heavy atom. The third kappa shape index (κ3) is 2.66. The second kappa shape index (κ2) is 5.49. The van der Waals surface area contributed by atoms with Crippen molar-refractivity contribution < 1.29 is 0 Å². The highest BCUT2D eigenvalue weighted by Gasteiger charge is 2.07. The first kappa shape index (κ1) is 12.3. The average molecular weight is 293 g/mol. The molecule has 7 nitrogen and oxygen atoms in total. The highest BCUT2D eigenvalue weighted by molar-refractivity contribution is 8.00. The molecule has 0 bridgehead atoms. The van der Waals surface area contributed by atoms with E-state index in [4.69, 9.17) is 5.73 Å². The van der Waals surface area contributed by atoms with Crippen molar-refractivity contribution in [2.75, 3.05) is 11.5 Å². The van der Waals surface area contributed by atoms with E-state index in [1.54, 1.807) is 24.4 Å². The number of aryl methyl sites for hydroxylation is 1. The van der Waals surface area contributed by atoms with Crippen molar-refractivity contribution in [3.8, 4) is 0 Å². The molecule has 19 heavy (non-hydrogen) atoms. The molecular formula is C10H11N7S2. The molecule has 0 radical (unpaired) electrons. The first-order chi connectivity index (χ1) is 9.34. The quantitative estimate of drug-likeness (QED) is 0.561. The summed E-state index contributed by atoms with van der Waals surface area (Å²) in [6.45, 7) is 0.846. The number of aromatic nitrogens is 6. The van der Waals surface area contributed by atoms with Crippen LogP contribution in [0.3, 0.4) is 0 Å². The van der Waals surface area contributed by atoms with Crippen LogP contribution in [0.5, 0.6) is 0 Å². The highest BCUT2D eigenvalue weighted by Crippen LogP contribution is 2.20. The third-order valence-electron chi connectivity index (χ3n) is 2.54. The first-order valence-electron chi connectivity index (χ1n) is 5.65. The molecule has 0 saturated heterocycles. The van der Waals surface area contributed by atoms with Gasteiger partial charge in [0.05, 0.1) is 6.33 Å². The lowest BCUT2D eigenvalue weighted by molar-refractivity contribution is 0.696. The lowest BCUT2D eigenvalue weighted by Crippen LogP contribution is -2.00. The largest absolute Gasteiger partial charge is 0.382 e. The Bertz CT molecular complexity index is 664. The molecule has 3 rings (SSSR count). The van der Waals surface area contributed by atoms with Gasteiger partial charge >= 0.3 is 0 Å². The van der Waals surface area contributed by atoms with Crippen molar-refractivity contribution >= 4 is 40.3 Å². The van der Waals surface area contributed by atoms with Crippen LogP contribution in [0.1, 0.15) is 6.42 Å². The minimum atomic E-state index is 0.423. The van der Waals surface area contributed by atoms with Gasteiger partial charge in [-0.05, 0) is 18.0 Å². The van der Waals surface area contributed by atoms with Gasteiger partial charge in [0.25, 0.3) is 0 Å². The molecule has 0 aromatic carbocycles. The molecule has 3 aromatic rings. The molecule has 0 amide bonds. The van der Waals surface area contributed by atoms with Crippen LogP contribution in [-0.4, -0.2) is 34.6 Å². The van der Waals surface area contributed by atoms with Gasteiger partial charge in [-0.25, -0.2) is 19.9 Å². The van der Waals surface area contributed by atoms with E-state index in [2.05, 4.69) is 24.3 Å². The number of nitrogens with zero attached hydrogens (tertiary/aromatic N) is 6. The standard InChI is InChI=1S/C10H11N7S2/c11-8-7-9(13-4-12-8)17(6-15-7)2-1-3-18-10-14-5-16-19-10/h4-6H,1-3H2,(H2,11,12,13). The Kier molecular flexibility index (Phi) is 3.56.